The molecule has 2 aromatic carbocycles. The number of hydrogen-bond donors (Lipinski definition) is 0. The molecule has 0 saturated carbocycles. The first kappa shape index (κ1) is 19.2. The van der Waals surface area contributed by atoms with Crippen molar-refractivity contribution < 1.29 is 8.42 Å². The Morgan fingerprint density at radius 3 is 2.56 bits per heavy atom. The van der Waals surface area contributed by atoms with E-state index < -0.39 is 9.84 Å². The molecule has 0 bridgehead atoms. The van der Waals surface area contributed by atoms with Crippen molar-refractivity contribution in [3.63, 3.8) is 0 Å². The molecule has 140 valence electrons. The zero-order valence-corrected chi connectivity index (χ0v) is 16.5. The average molecular weight is 404 g/mol. The van der Waals surface area contributed by atoms with Gasteiger partial charge in [0.2, 0.25) is 0 Å². The number of imidazole rings is 1. The zero-order valence-electron chi connectivity index (χ0n) is 14.9. The maximum Gasteiger partial charge on any atom is 0.177 e. The summed E-state index contributed by atoms with van der Waals surface area (Å²) >= 11 is 6.24. The summed E-state index contributed by atoms with van der Waals surface area (Å²) in [4.78, 5) is 7.43. The van der Waals surface area contributed by atoms with Gasteiger partial charge in [0.15, 0.2) is 9.84 Å². The van der Waals surface area contributed by atoms with Crippen LogP contribution in [0.2, 0.25) is 5.02 Å². The molecule has 9 heteroatoms. The van der Waals surface area contributed by atoms with Crippen molar-refractivity contribution in [2.45, 2.75) is 24.7 Å². The van der Waals surface area contributed by atoms with E-state index in [1.807, 2.05) is 35.8 Å². The quantitative estimate of drug-likeness (QED) is 0.344. The standard InChI is InChI=1S/C18H18ClN5O2S/c1-3-18-22-15-11-17(27(2,25)26)14(19)10-16(15)24(18)13-6-4-12(5-7-13)8-9-21-23-20/h4-7,10-11H,3,8-9H2,1-2H3. The van der Waals surface area contributed by atoms with Crippen LogP contribution in [0.3, 0.4) is 0 Å². The third-order valence-electron chi connectivity index (χ3n) is 4.25. The third kappa shape index (κ3) is 3.93. The first-order valence-electron chi connectivity index (χ1n) is 8.36. The van der Waals surface area contributed by atoms with Gasteiger partial charge in [0.25, 0.3) is 0 Å². The van der Waals surface area contributed by atoms with Gasteiger partial charge in [-0.3, -0.25) is 4.57 Å². The molecule has 3 aromatic rings. The number of fused-ring (bicyclic) bond motifs is 1. The van der Waals surface area contributed by atoms with Gasteiger partial charge < -0.3 is 0 Å². The molecule has 7 nitrogen and oxygen atoms in total. The van der Waals surface area contributed by atoms with E-state index in [0.717, 1.165) is 28.8 Å². The van der Waals surface area contributed by atoms with Crippen LogP contribution < -0.4 is 0 Å². The van der Waals surface area contributed by atoms with E-state index in [4.69, 9.17) is 17.1 Å². The second-order valence-electron chi connectivity index (χ2n) is 6.13. The molecule has 0 amide bonds. The highest BCUT2D eigenvalue weighted by atomic mass is 35.5. The molecular weight excluding hydrogens is 386 g/mol. The lowest BCUT2D eigenvalue weighted by Crippen LogP contribution is -2.01. The molecule has 0 saturated heterocycles. The summed E-state index contributed by atoms with van der Waals surface area (Å²) < 4.78 is 25.8. The molecule has 1 aromatic heterocycles. The number of aryl methyl sites for hydroxylation is 1. The van der Waals surface area contributed by atoms with E-state index in [9.17, 15) is 8.42 Å². The molecule has 0 spiro atoms. The summed E-state index contributed by atoms with van der Waals surface area (Å²) in [7, 11) is -3.43. The molecule has 0 radical (unpaired) electrons. The number of benzene rings is 2. The Balaban J connectivity index is 2.10. The van der Waals surface area contributed by atoms with E-state index in [2.05, 4.69) is 15.0 Å². The molecule has 0 atom stereocenters. The normalized spacial score (nSPS) is 11.5. The van der Waals surface area contributed by atoms with Crippen molar-refractivity contribution in [2.24, 2.45) is 5.11 Å². The highest BCUT2D eigenvalue weighted by molar-refractivity contribution is 7.90. The second kappa shape index (κ2) is 7.60. The molecule has 0 unspecified atom stereocenters. The van der Waals surface area contributed by atoms with Crippen LogP contribution in [0.4, 0.5) is 0 Å². The highest BCUT2D eigenvalue weighted by Crippen LogP contribution is 2.30. The minimum atomic E-state index is -3.43. The Bertz CT molecular complexity index is 1150. The van der Waals surface area contributed by atoms with Gasteiger partial charge in [0.1, 0.15) is 5.82 Å². The van der Waals surface area contributed by atoms with Crippen LogP contribution >= 0.6 is 11.6 Å². The van der Waals surface area contributed by atoms with Gasteiger partial charge in [0.05, 0.1) is 21.0 Å². The van der Waals surface area contributed by atoms with Crippen molar-refractivity contribution in [2.75, 3.05) is 12.8 Å². The van der Waals surface area contributed by atoms with E-state index in [-0.39, 0.29) is 9.92 Å². The van der Waals surface area contributed by atoms with Crippen LogP contribution in [0, 0.1) is 0 Å². The van der Waals surface area contributed by atoms with E-state index in [0.29, 0.717) is 24.9 Å². The predicted octanol–water partition coefficient (Wildman–Crippen LogP) is 4.50. The number of aromatic nitrogens is 2. The first-order valence-corrected chi connectivity index (χ1v) is 10.6. The Morgan fingerprint density at radius 2 is 1.96 bits per heavy atom. The molecule has 3 rings (SSSR count). The largest absolute Gasteiger partial charge is 0.296 e. The van der Waals surface area contributed by atoms with Crippen molar-refractivity contribution in [1.29, 1.82) is 0 Å². The Labute approximate surface area is 162 Å². The van der Waals surface area contributed by atoms with Crippen LogP contribution in [-0.2, 0) is 22.7 Å². The first-order chi connectivity index (χ1) is 12.8. The SMILES string of the molecule is CCc1nc2cc(S(C)(=O)=O)c(Cl)cc2n1-c1ccc(CCN=[N+]=[N-])cc1. The summed E-state index contributed by atoms with van der Waals surface area (Å²) in [5.74, 6) is 0.813. The minimum absolute atomic E-state index is 0.0809. The number of nitrogens with zero attached hydrogens (tertiary/aromatic N) is 5. The predicted molar refractivity (Wildman–Crippen MR) is 106 cm³/mol. The van der Waals surface area contributed by atoms with Crippen LogP contribution in [0.15, 0.2) is 46.4 Å². The summed E-state index contributed by atoms with van der Waals surface area (Å²) in [6.45, 7) is 2.40. The molecular formula is C18H18ClN5O2S. The highest BCUT2D eigenvalue weighted by Gasteiger charge is 2.18. The monoisotopic (exact) mass is 403 g/mol. The number of hydrogen-bond acceptors (Lipinski definition) is 4. The Hall–Kier alpha value is -2.54. The topological polar surface area (TPSA) is 101 Å². The smallest absolute Gasteiger partial charge is 0.177 e. The van der Waals surface area contributed by atoms with Crippen LogP contribution in [0.25, 0.3) is 27.2 Å². The number of rotatable bonds is 6. The van der Waals surface area contributed by atoms with E-state index in [1.165, 1.54) is 6.07 Å². The molecule has 0 fully saturated rings. The van der Waals surface area contributed by atoms with Gasteiger partial charge in [-0.1, -0.05) is 35.8 Å². The third-order valence-corrected chi connectivity index (χ3v) is 5.81. The maximum atomic E-state index is 11.9. The van der Waals surface area contributed by atoms with Gasteiger partial charge in [-0.05, 0) is 41.8 Å². The molecule has 0 aliphatic rings. The van der Waals surface area contributed by atoms with Gasteiger partial charge in [0, 0.05) is 29.8 Å². The molecule has 1 heterocycles. The van der Waals surface area contributed by atoms with Crippen LogP contribution in [0.1, 0.15) is 18.3 Å². The number of azide groups is 1. The number of halogens is 1. The molecule has 0 aliphatic carbocycles. The summed E-state index contributed by atoms with van der Waals surface area (Å²) in [6, 6.07) is 11.0. The van der Waals surface area contributed by atoms with Crippen molar-refractivity contribution in [3.05, 3.63) is 63.3 Å². The summed E-state index contributed by atoms with van der Waals surface area (Å²) in [5, 5.41) is 3.73. The fourth-order valence-corrected chi connectivity index (χ4v) is 4.29. The molecule has 0 aliphatic heterocycles. The van der Waals surface area contributed by atoms with Gasteiger partial charge in [-0.2, -0.15) is 0 Å². The van der Waals surface area contributed by atoms with Gasteiger partial charge in [-0.25, -0.2) is 13.4 Å². The van der Waals surface area contributed by atoms with Crippen LogP contribution in [-0.4, -0.2) is 30.8 Å². The fraction of sp³-hybridized carbons (Fsp3) is 0.278. The lowest BCUT2D eigenvalue weighted by atomic mass is 10.1. The van der Waals surface area contributed by atoms with Gasteiger partial charge in [-0.15, -0.1) is 0 Å². The summed E-state index contributed by atoms with van der Waals surface area (Å²) in [5.41, 5.74) is 11.7. The molecule has 0 N–H and O–H groups in total. The fourth-order valence-electron chi connectivity index (χ4n) is 2.97. The van der Waals surface area contributed by atoms with Crippen molar-refractivity contribution >= 4 is 32.5 Å². The number of sulfone groups is 1. The lowest BCUT2D eigenvalue weighted by molar-refractivity contribution is 0.602. The minimum Gasteiger partial charge on any atom is -0.296 e. The van der Waals surface area contributed by atoms with Crippen molar-refractivity contribution in [1.82, 2.24) is 9.55 Å². The lowest BCUT2D eigenvalue weighted by Gasteiger charge is -2.10. The Kier molecular flexibility index (Phi) is 5.41. The summed E-state index contributed by atoms with van der Waals surface area (Å²) in [6.07, 6.45) is 2.48. The molecule has 27 heavy (non-hydrogen) atoms. The maximum absolute atomic E-state index is 11.9. The zero-order chi connectivity index (χ0) is 19.6. The average Bonchev–Trinajstić information content (AvgIpc) is 2.98. The van der Waals surface area contributed by atoms with E-state index in [1.54, 1.807) is 6.07 Å². The Morgan fingerprint density at radius 1 is 1.26 bits per heavy atom. The van der Waals surface area contributed by atoms with Crippen molar-refractivity contribution in [3.8, 4) is 5.69 Å². The van der Waals surface area contributed by atoms with Gasteiger partial charge >= 0.3 is 0 Å². The van der Waals surface area contributed by atoms with Crippen LogP contribution in [0.5, 0.6) is 0 Å². The van der Waals surface area contributed by atoms with E-state index >= 15 is 0 Å². The second-order valence-corrected chi connectivity index (χ2v) is 8.52.